The SMILES string of the molecule is CCn1cc(/C=C2/Oc3cc(O)ccc3C2=O)c2cc(OC)ccc21. The van der Waals surface area contributed by atoms with Gasteiger partial charge in [0, 0.05) is 35.3 Å². The third-order valence-corrected chi connectivity index (χ3v) is 4.40. The molecule has 0 aliphatic carbocycles. The lowest BCUT2D eigenvalue weighted by atomic mass is 10.1. The lowest BCUT2D eigenvalue weighted by Gasteiger charge is -2.02. The van der Waals surface area contributed by atoms with Crippen LogP contribution in [0.4, 0.5) is 0 Å². The van der Waals surface area contributed by atoms with Gasteiger partial charge in [0.15, 0.2) is 5.76 Å². The van der Waals surface area contributed by atoms with E-state index in [0.29, 0.717) is 11.3 Å². The van der Waals surface area contributed by atoms with Crippen molar-refractivity contribution in [2.75, 3.05) is 7.11 Å². The number of methoxy groups -OCH3 is 1. The molecule has 0 fully saturated rings. The fraction of sp³-hybridized carbons (Fsp3) is 0.150. The van der Waals surface area contributed by atoms with Crippen LogP contribution in [0.2, 0.25) is 0 Å². The number of aryl methyl sites for hydroxylation is 1. The lowest BCUT2D eigenvalue weighted by molar-refractivity contribution is 0.101. The first kappa shape index (κ1) is 15.3. The van der Waals surface area contributed by atoms with Gasteiger partial charge >= 0.3 is 0 Å². The highest BCUT2D eigenvalue weighted by molar-refractivity contribution is 6.15. The number of ether oxygens (including phenoxy) is 2. The van der Waals surface area contributed by atoms with Crippen molar-refractivity contribution in [1.82, 2.24) is 4.57 Å². The summed E-state index contributed by atoms with van der Waals surface area (Å²) in [6.45, 7) is 2.88. The van der Waals surface area contributed by atoms with Gasteiger partial charge in [-0.05, 0) is 43.3 Å². The number of hydrogen-bond donors (Lipinski definition) is 1. The van der Waals surface area contributed by atoms with Crippen LogP contribution in [-0.4, -0.2) is 22.6 Å². The van der Waals surface area contributed by atoms with Gasteiger partial charge in [-0.15, -0.1) is 0 Å². The van der Waals surface area contributed by atoms with Crippen LogP contribution >= 0.6 is 0 Å². The summed E-state index contributed by atoms with van der Waals surface area (Å²) >= 11 is 0. The summed E-state index contributed by atoms with van der Waals surface area (Å²) < 4.78 is 13.1. The third kappa shape index (κ3) is 2.45. The highest BCUT2D eigenvalue weighted by atomic mass is 16.5. The molecule has 0 bridgehead atoms. The number of ketones is 1. The number of allylic oxidation sites excluding steroid dienone is 1. The molecule has 5 nitrogen and oxygen atoms in total. The van der Waals surface area contributed by atoms with Gasteiger partial charge < -0.3 is 19.1 Å². The molecule has 0 atom stereocenters. The molecule has 25 heavy (non-hydrogen) atoms. The van der Waals surface area contributed by atoms with Crippen molar-refractivity contribution < 1.29 is 19.4 Å². The van der Waals surface area contributed by atoms with Crippen molar-refractivity contribution in [3.63, 3.8) is 0 Å². The Bertz CT molecular complexity index is 1030. The number of phenols is 1. The number of nitrogens with zero attached hydrogens (tertiary/aromatic N) is 1. The van der Waals surface area contributed by atoms with E-state index in [9.17, 15) is 9.90 Å². The highest BCUT2D eigenvalue weighted by Gasteiger charge is 2.28. The van der Waals surface area contributed by atoms with Crippen LogP contribution in [0.1, 0.15) is 22.8 Å². The lowest BCUT2D eigenvalue weighted by Crippen LogP contribution is -1.97. The van der Waals surface area contributed by atoms with Crippen LogP contribution in [0, 0.1) is 0 Å². The first-order valence-electron chi connectivity index (χ1n) is 8.05. The van der Waals surface area contributed by atoms with Crippen LogP contribution in [0.15, 0.2) is 48.4 Å². The molecule has 0 spiro atoms. The standard InChI is InChI=1S/C20H17NO4/c1-3-21-11-12(16-10-14(24-2)5-7-17(16)21)8-19-20(23)15-6-4-13(22)9-18(15)25-19/h4-11,22H,3H2,1-2H3/b19-8+. The van der Waals surface area contributed by atoms with Gasteiger partial charge in [0.2, 0.25) is 5.78 Å². The zero-order valence-corrected chi connectivity index (χ0v) is 13.9. The van der Waals surface area contributed by atoms with Gasteiger partial charge in [-0.1, -0.05) is 0 Å². The summed E-state index contributed by atoms with van der Waals surface area (Å²) in [6, 6.07) is 10.4. The average Bonchev–Trinajstić information content (AvgIpc) is 3.12. The second kappa shape index (κ2) is 5.70. The second-order valence-electron chi connectivity index (χ2n) is 5.87. The fourth-order valence-corrected chi connectivity index (χ4v) is 3.12. The minimum absolute atomic E-state index is 0.0696. The molecule has 1 aliphatic heterocycles. The molecule has 0 saturated carbocycles. The number of rotatable bonds is 3. The van der Waals surface area contributed by atoms with Gasteiger partial charge in [-0.25, -0.2) is 0 Å². The molecule has 5 heteroatoms. The molecule has 1 aromatic heterocycles. The van der Waals surface area contributed by atoms with Crippen LogP contribution in [0.25, 0.3) is 17.0 Å². The van der Waals surface area contributed by atoms with Crippen molar-refractivity contribution in [2.24, 2.45) is 0 Å². The number of aromatic nitrogens is 1. The number of carbonyl (C=O) groups excluding carboxylic acids is 1. The highest BCUT2D eigenvalue weighted by Crippen LogP contribution is 2.35. The van der Waals surface area contributed by atoms with Crippen LogP contribution in [0.5, 0.6) is 17.2 Å². The maximum atomic E-state index is 12.5. The van der Waals surface area contributed by atoms with Crippen LogP contribution in [-0.2, 0) is 6.54 Å². The quantitative estimate of drug-likeness (QED) is 0.735. The first-order valence-corrected chi connectivity index (χ1v) is 8.05. The van der Waals surface area contributed by atoms with E-state index in [1.165, 1.54) is 12.1 Å². The van der Waals surface area contributed by atoms with Crippen molar-refractivity contribution in [1.29, 1.82) is 0 Å². The summed E-state index contributed by atoms with van der Waals surface area (Å²) in [5, 5.41) is 10.6. The van der Waals surface area contributed by atoms with Gasteiger partial charge in [0.05, 0.1) is 12.7 Å². The molecular formula is C20H17NO4. The Balaban J connectivity index is 1.83. The molecule has 1 N–H and O–H groups in total. The Morgan fingerprint density at radius 2 is 2.08 bits per heavy atom. The molecule has 2 aromatic carbocycles. The number of carbonyl (C=O) groups is 1. The van der Waals surface area contributed by atoms with E-state index >= 15 is 0 Å². The summed E-state index contributed by atoms with van der Waals surface area (Å²) in [4.78, 5) is 12.5. The van der Waals surface area contributed by atoms with Crippen molar-refractivity contribution in [3.05, 3.63) is 59.5 Å². The van der Waals surface area contributed by atoms with Gasteiger partial charge in [0.25, 0.3) is 0 Å². The largest absolute Gasteiger partial charge is 0.508 e. The predicted octanol–water partition coefficient (Wildman–Crippen LogP) is 3.99. The van der Waals surface area contributed by atoms with E-state index in [2.05, 4.69) is 11.5 Å². The van der Waals surface area contributed by atoms with E-state index in [0.717, 1.165) is 28.8 Å². The molecule has 0 radical (unpaired) electrons. The van der Waals surface area contributed by atoms with E-state index in [4.69, 9.17) is 9.47 Å². The van der Waals surface area contributed by atoms with E-state index in [1.807, 2.05) is 24.4 Å². The van der Waals surface area contributed by atoms with Crippen molar-refractivity contribution >= 4 is 22.8 Å². The van der Waals surface area contributed by atoms with Crippen molar-refractivity contribution in [2.45, 2.75) is 13.5 Å². The Kier molecular flexibility index (Phi) is 3.50. The Morgan fingerprint density at radius 1 is 1.24 bits per heavy atom. The van der Waals surface area contributed by atoms with E-state index in [-0.39, 0.29) is 17.3 Å². The molecule has 1 aliphatic rings. The molecule has 0 saturated heterocycles. The van der Waals surface area contributed by atoms with Crippen molar-refractivity contribution in [3.8, 4) is 17.2 Å². The predicted molar refractivity (Wildman–Crippen MR) is 95.2 cm³/mol. The molecule has 3 aromatic rings. The number of Topliss-reactive ketones (excluding diaryl/α,β-unsaturated/α-hetero) is 1. The number of fused-ring (bicyclic) bond motifs is 2. The Morgan fingerprint density at radius 3 is 2.84 bits per heavy atom. The summed E-state index contributed by atoms with van der Waals surface area (Å²) in [5.74, 6) is 1.27. The molecule has 126 valence electrons. The third-order valence-electron chi connectivity index (χ3n) is 4.40. The number of benzene rings is 2. The normalized spacial score (nSPS) is 14.8. The number of phenolic OH excluding ortho intramolecular Hbond substituents is 1. The Hall–Kier alpha value is -3.21. The molecule has 4 rings (SSSR count). The van der Waals surface area contributed by atoms with Gasteiger partial charge in [0.1, 0.15) is 17.2 Å². The maximum Gasteiger partial charge on any atom is 0.231 e. The number of hydrogen-bond acceptors (Lipinski definition) is 4. The van der Waals surface area contributed by atoms with Crippen LogP contribution < -0.4 is 9.47 Å². The topological polar surface area (TPSA) is 60.7 Å². The Labute approximate surface area is 144 Å². The zero-order valence-electron chi connectivity index (χ0n) is 13.9. The van der Waals surface area contributed by atoms with E-state index < -0.39 is 0 Å². The summed E-state index contributed by atoms with van der Waals surface area (Å²) in [6.07, 6.45) is 3.74. The summed E-state index contributed by atoms with van der Waals surface area (Å²) in [5.41, 5.74) is 2.41. The summed E-state index contributed by atoms with van der Waals surface area (Å²) in [7, 11) is 1.63. The van der Waals surface area contributed by atoms with E-state index in [1.54, 1.807) is 19.3 Å². The molecule has 2 heterocycles. The van der Waals surface area contributed by atoms with Crippen LogP contribution in [0.3, 0.4) is 0 Å². The zero-order chi connectivity index (χ0) is 17.6. The second-order valence-corrected chi connectivity index (χ2v) is 5.87. The molecular weight excluding hydrogens is 318 g/mol. The smallest absolute Gasteiger partial charge is 0.231 e. The minimum Gasteiger partial charge on any atom is -0.508 e. The molecule has 0 unspecified atom stereocenters. The molecule has 0 amide bonds. The monoisotopic (exact) mass is 335 g/mol. The van der Waals surface area contributed by atoms with Gasteiger partial charge in [-0.3, -0.25) is 4.79 Å². The average molecular weight is 335 g/mol. The minimum atomic E-state index is -0.185. The van der Waals surface area contributed by atoms with Gasteiger partial charge in [-0.2, -0.15) is 0 Å². The fourth-order valence-electron chi connectivity index (χ4n) is 3.12. The maximum absolute atomic E-state index is 12.5. The first-order chi connectivity index (χ1) is 12.1. The number of aromatic hydroxyl groups is 1.